The highest BCUT2D eigenvalue weighted by Crippen LogP contribution is 2.27. The first-order chi connectivity index (χ1) is 13.5. The van der Waals surface area contributed by atoms with Gasteiger partial charge in [0.25, 0.3) is 0 Å². The number of aryl methyl sites for hydroxylation is 2. The van der Waals surface area contributed by atoms with Crippen molar-refractivity contribution in [2.45, 2.75) is 58.4 Å². The van der Waals surface area contributed by atoms with Crippen LogP contribution >= 0.6 is 0 Å². The van der Waals surface area contributed by atoms with Crippen LogP contribution in [0.2, 0.25) is 0 Å². The number of hydrogen-bond acceptors (Lipinski definition) is 4. The molecule has 0 unspecified atom stereocenters. The Morgan fingerprint density at radius 2 is 2.04 bits per heavy atom. The number of rotatable bonds is 7. The van der Waals surface area contributed by atoms with E-state index < -0.39 is 6.03 Å². The molecule has 0 atom stereocenters. The lowest BCUT2D eigenvalue weighted by atomic mass is 10.1. The molecule has 2 heterocycles. The first-order valence-electron chi connectivity index (χ1n) is 9.91. The van der Waals surface area contributed by atoms with Crippen molar-refractivity contribution in [2.75, 3.05) is 11.9 Å². The highest BCUT2D eigenvalue weighted by Gasteiger charge is 2.17. The van der Waals surface area contributed by atoms with Gasteiger partial charge in [-0.1, -0.05) is 18.6 Å². The number of hydrogen-bond donors (Lipinski definition) is 3. The Bertz CT molecular complexity index is 845. The van der Waals surface area contributed by atoms with Gasteiger partial charge in [0.2, 0.25) is 5.91 Å². The lowest BCUT2D eigenvalue weighted by Crippen LogP contribution is -2.30. The van der Waals surface area contributed by atoms with Crippen LogP contribution < -0.4 is 16.4 Å². The van der Waals surface area contributed by atoms with Crippen LogP contribution in [-0.2, 0) is 17.8 Å². The zero-order valence-corrected chi connectivity index (χ0v) is 16.3. The Morgan fingerprint density at radius 3 is 2.86 bits per heavy atom. The lowest BCUT2D eigenvalue weighted by molar-refractivity contribution is -0.116. The zero-order valence-electron chi connectivity index (χ0n) is 16.3. The quantitative estimate of drug-likeness (QED) is 0.637. The average molecular weight is 384 g/mol. The molecule has 0 aliphatic carbocycles. The summed E-state index contributed by atoms with van der Waals surface area (Å²) in [5, 5.41) is 14.3. The van der Waals surface area contributed by atoms with E-state index in [4.69, 9.17) is 5.73 Å². The number of carbonyl (C=O) groups excluding carboxylic acids is 2. The van der Waals surface area contributed by atoms with Crippen molar-refractivity contribution in [3.63, 3.8) is 0 Å². The van der Waals surface area contributed by atoms with Gasteiger partial charge >= 0.3 is 6.03 Å². The van der Waals surface area contributed by atoms with E-state index in [1.807, 2.05) is 25.1 Å². The van der Waals surface area contributed by atoms with Gasteiger partial charge in [0.1, 0.15) is 5.82 Å². The van der Waals surface area contributed by atoms with Crippen molar-refractivity contribution < 1.29 is 9.59 Å². The third kappa shape index (κ3) is 5.09. The van der Waals surface area contributed by atoms with Crippen LogP contribution in [0, 0.1) is 6.92 Å². The van der Waals surface area contributed by atoms with Gasteiger partial charge in [0.15, 0.2) is 5.82 Å². The van der Waals surface area contributed by atoms with E-state index in [1.165, 1.54) is 6.42 Å². The molecule has 8 nitrogen and oxygen atoms in total. The van der Waals surface area contributed by atoms with Gasteiger partial charge in [-0.15, -0.1) is 10.2 Å². The number of fused-ring (bicyclic) bond motifs is 1. The number of unbranched alkanes of at least 4 members (excludes halogenated alkanes) is 1. The minimum absolute atomic E-state index is 0.0422. The van der Waals surface area contributed by atoms with Crippen molar-refractivity contribution in [1.82, 2.24) is 20.1 Å². The van der Waals surface area contributed by atoms with Crippen molar-refractivity contribution in [2.24, 2.45) is 5.73 Å². The van der Waals surface area contributed by atoms with Crippen molar-refractivity contribution >= 4 is 17.6 Å². The number of nitrogens with two attached hydrogens (primary N) is 1. The van der Waals surface area contributed by atoms with Crippen LogP contribution in [0.1, 0.15) is 49.9 Å². The Labute approximate surface area is 164 Å². The monoisotopic (exact) mass is 384 g/mol. The molecule has 3 rings (SSSR count). The number of anilines is 1. The van der Waals surface area contributed by atoms with Gasteiger partial charge < -0.3 is 20.9 Å². The summed E-state index contributed by atoms with van der Waals surface area (Å²) in [6.07, 6.45) is 6.26. The molecule has 150 valence electrons. The maximum absolute atomic E-state index is 12.3. The number of carbonyl (C=O) groups is 2. The van der Waals surface area contributed by atoms with Crippen LogP contribution in [0.4, 0.5) is 10.5 Å². The van der Waals surface area contributed by atoms with E-state index in [0.29, 0.717) is 25.8 Å². The number of nitrogens with zero attached hydrogens (tertiary/aromatic N) is 3. The minimum Gasteiger partial charge on any atom is -0.352 e. The first kappa shape index (κ1) is 19.9. The lowest BCUT2D eigenvalue weighted by Gasteiger charge is -2.12. The highest BCUT2D eigenvalue weighted by atomic mass is 16.2. The Hall–Kier alpha value is -2.90. The van der Waals surface area contributed by atoms with E-state index >= 15 is 0 Å². The van der Waals surface area contributed by atoms with Gasteiger partial charge in [0, 0.05) is 37.2 Å². The number of urea groups is 1. The molecule has 3 amide bonds. The summed E-state index contributed by atoms with van der Waals surface area (Å²) in [7, 11) is 0. The van der Waals surface area contributed by atoms with Gasteiger partial charge in [0.05, 0.1) is 0 Å². The molecule has 0 saturated heterocycles. The molecule has 0 saturated carbocycles. The molecule has 1 aromatic carbocycles. The van der Waals surface area contributed by atoms with Crippen LogP contribution in [0.5, 0.6) is 0 Å². The normalized spacial score (nSPS) is 13.5. The second-order valence-corrected chi connectivity index (χ2v) is 7.23. The molecule has 8 heteroatoms. The largest absolute Gasteiger partial charge is 0.352 e. The fourth-order valence-corrected chi connectivity index (χ4v) is 3.43. The second kappa shape index (κ2) is 9.34. The van der Waals surface area contributed by atoms with Crippen LogP contribution in [0.15, 0.2) is 18.2 Å². The fraction of sp³-hybridized carbons (Fsp3) is 0.500. The smallest absolute Gasteiger partial charge is 0.312 e. The van der Waals surface area contributed by atoms with Gasteiger partial charge in [-0.25, -0.2) is 4.79 Å². The van der Waals surface area contributed by atoms with Crippen molar-refractivity contribution in [1.29, 1.82) is 0 Å². The Morgan fingerprint density at radius 1 is 1.18 bits per heavy atom. The third-order valence-electron chi connectivity index (χ3n) is 5.01. The maximum Gasteiger partial charge on any atom is 0.312 e. The molecule has 0 bridgehead atoms. The molecular weight excluding hydrogens is 356 g/mol. The summed E-state index contributed by atoms with van der Waals surface area (Å²) in [6.45, 7) is 3.39. The highest BCUT2D eigenvalue weighted by molar-refractivity contribution is 5.92. The number of aromatic nitrogens is 3. The van der Waals surface area contributed by atoms with Crippen LogP contribution in [-0.4, -0.2) is 33.2 Å². The summed E-state index contributed by atoms with van der Waals surface area (Å²) in [4.78, 5) is 22.9. The van der Waals surface area contributed by atoms with E-state index in [2.05, 4.69) is 25.4 Å². The van der Waals surface area contributed by atoms with Crippen molar-refractivity contribution in [3.8, 4) is 11.4 Å². The predicted octanol–water partition coefficient (Wildman–Crippen LogP) is 2.76. The number of amides is 3. The molecule has 1 aromatic heterocycles. The topological polar surface area (TPSA) is 115 Å². The van der Waals surface area contributed by atoms with Crippen LogP contribution in [0.25, 0.3) is 11.4 Å². The fourth-order valence-electron chi connectivity index (χ4n) is 3.43. The predicted molar refractivity (Wildman–Crippen MR) is 108 cm³/mol. The molecule has 0 radical (unpaired) electrons. The van der Waals surface area contributed by atoms with Gasteiger partial charge in [-0.2, -0.15) is 0 Å². The summed E-state index contributed by atoms with van der Waals surface area (Å²) in [5.74, 6) is 1.87. The molecule has 4 N–H and O–H groups in total. The number of nitrogens with one attached hydrogen (secondary N) is 2. The first-order valence-corrected chi connectivity index (χ1v) is 9.91. The second-order valence-electron chi connectivity index (χ2n) is 7.23. The SMILES string of the molecule is Cc1ccc(-c2nnc3n2CCCCC3)cc1NC(=O)CCCCNC(N)=O. The molecule has 0 spiro atoms. The van der Waals surface area contributed by atoms with Crippen molar-refractivity contribution in [3.05, 3.63) is 29.6 Å². The average Bonchev–Trinajstić information content (AvgIpc) is 2.91. The van der Waals surface area contributed by atoms with Crippen LogP contribution in [0.3, 0.4) is 0 Å². The molecule has 28 heavy (non-hydrogen) atoms. The summed E-state index contributed by atoms with van der Waals surface area (Å²) < 4.78 is 2.20. The molecular formula is C20H28N6O2. The summed E-state index contributed by atoms with van der Waals surface area (Å²) >= 11 is 0. The van der Waals surface area contributed by atoms with Gasteiger partial charge in [-0.3, -0.25) is 4.79 Å². The summed E-state index contributed by atoms with van der Waals surface area (Å²) in [5.41, 5.74) is 7.78. The molecule has 2 aromatic rings. The number of primary amides is 1. The summed E-state index contributed by atoms with van der Waals surface area (Å²) in [6, 6.07) is 5.47. The Balaban J connectivity index is 1.65. The Kier molecular flexibility index (Phi) is 6.62. The van der Waals surface area contributed by atoms with E-state index in [0.717, 1.165) is 54.3 Å². The molecule has 0 fully saturated rings. The molecule has 1 aliphatic rings. The minimum atomic E-state index is -0.539. The third-order valence-corrected chi connectivity index (χ3v) is 5.01. The molecule has 1 aliphatic heterocycles. The maximum atomic E-state index is 12.3. The van der Waals surface area contributed by atoms with E-state index in [9.17, 15) is 9.59 Å². The number of benzene rings is 1. The van der Waals surface area contributed by atoms with Gasteiger partial charge in [-0.05, 0) is 44.2 Å². The zero-order chi connectivity index (χ0) is 19.9. The standard InChI is InChI=1S/C20H28N6O2/c1-14-9-10-15(19-25-24-17-7-3-2-6-12-26(17)19)13-16(14)23-18(27)8-4-5-11-22-20(21)28/h9-10,13H,2-8,11-12H2,1H3,(H,23,27)(H3,21,22,28). The van der Waals surface area contributed by atoms with E-state index in [-0.39, 0.29) is 5.91 Å². The van der Waals surface area contributed by atoms with E-state index in [1.54, 1.807) is 0 Å².